The van der Waals surface area contributed by atoms with Gasteiger partial charge in [-0.3, -0.25) is 0 Å². The fraction of sp³-hybridized carbons (Fsp3) is 0.318. The normalized spacial score (nSPS) is 11.4. The van der Waals surface area contributed by atoms with Crippen molar-refractivity contribution in [2.24, 2.45) is 17.9 Å². The summed E-state index contributed by atoms with van der Waals surface area (Å²) in [7, 11) is 5.70. The van der Waals surface area contributed by atoms with Crippen molar-refractivity contribution in [3.8, 4) is 17.5 Å². The number of aromatic nitrogens is 3. The second-order valence-electron chi connectivity index (χ2n) is 7.61. The Morgan fingerprint density at radius 2 is 2.12 bits per heavy atom. The topological polar surface area (TPSA) is 116 Å². The lowest BCUT2D eigenvalue weighted by molar-refractivity contribution is 0.204. The average molecular weight is 453 g/mol. The van der Waals surface area contributed by atoms with E-state index in [9.17, 15) is 4.79 Å². The molecule has 0 unspecified atom stereocenters. The van der Waals surface area contributed by atoms with Gasteiger partial charge in [0, 0.05) is 36.0 Å². The van der Waals surface area contributed by atoms with Gasteiger partial charge in [0.05, 0.1) is 48.3 Å². The first-order chi connectivity index (χ1) is 15.3. The van der Waals surface area contributed by atoms with Crippen LogP contribution in [0, 0.1) is 11.3 Å². The van der Waals surface area contributed by atoms with Crippen molar-refractivity contribution < 1.29 is 4.79 Å². The van der Waals surface area contributed by atoms with E-state index in [1.54, 1.807) is 24.8 Å². The third-order valence-corrected chi connectivity index (χ3v) is 5.30. The third-order valence-electron chi connectivity index (χ3n) is 4.94. The first-order valence-corrected chi connectivity index (χ1v) is 10.4. The molecule has 0 radical (unpaired) electrons. The van der Waals surface area contributed by atoms with Crippen molar-refractivity contribution in [3.63, 3.8) is 0 Å². The van der Waals surface area contributed by atoms with Gasteiger partial charge in [-0.1, -0.05) is 11.6 Å². The molecule has 3 rings (SSSR count). The smallest absolute Gasteiger partial charge is 0.335 e. The second kappa shape index (κ2) is 10.2. The number of carbonyl (C=O) groups is 1. The molecule has 0 saturated heterocycles. The molecule has 9 nitrogen and oxygen atoms in total. The van der Waals surface area contributed by atoms with Gasteiger partial charge in [-0.05, 0) is 44.3 Å². The minimum absolute atomic E-state index is 0.356. The zero-order valence-electron chi connectivity index (χ0n) is 18.3. The monoisotopic (exact) mass is 452 g/mol. The van der Waals surface area contributed by atoms with E-state index in [1.165, 1.54) is 5.01 Å². The van der Waals surface area contributed by atoms with Crippen LogP contribution in [0.1, 0.15) is 17.5 Å². The molecule has 0 aliphatic rings. The molecule has 0 bridgehead atoms. The molecule has 3 aromatic rings. The maximum absolute atomic E-state index is 11.9. The van der Waals surface area contributed by atoms with Crippen molar-refractivity contribution in [1.29, 1.82) is 5.26 Å². The van der Waals surface area contributed by atoms with E-state index in [-0.39, 0.29) is 0 Å². The van der Waals surface area contributed by atoms with Crippen LogP contribution in [-0.2, 0) is 13.5 Å². The standard InChI is InChI=1S/C22H25ClN8O/c1-29(2)7-8-31(22(25)32)27-12-16-10-20(21-13-26-14-30(21)3)28-19-11-18(23)15(5-4-6-24)9-17(16)19/h9-14H,4-5,7-8H2,1-3H3,(H2,25,32)/b27-12+. The van der Waals surface area contributed by atoms with E-state index in [2.05, 4.69) is 16.2 Å². The summed E-state index contributed by atoms with van der Waals surface area (Å²) in [6, 6.07) is 7.11. The van der Waals surface area contributed by atoms with E-state index >= 15 is 0 Å². The minimum atomic E-state index is -0.633. The number of amides is 2. The molecule has 2 N–H and O–H groups in total. The molecule has 0 spiro atoms. The minimum Gasteiger partial charge on any atom is -0.350 e. The predicted molar refractivity (Wildman–Crippen MR) is 125 cm³/mol. The van der Waals surface area contributed by atoms with E-state index in [0.29, 0.717) is 42.2 Å². The maximum Gasteiger partial charge on any atom is 0.335 e. The predicted octanol–water partition coefficient (Wildman–Crippen LogP) is 3.02. The average Bonchev–Trinajstić information content (AvgIpc) is 3.17. The van der Waals surface area contributed by atoms with Gasteiger partial charge in [0.1, 0.15) is 0 Å². The van der Waals surface area contributed by atoms with E-state index in [0.717, 1.165) is 22.2 Å². The molecule has 1 aromatic carbocycles. The number of benzene rings is 1. The van der Waals surface area contributed by atoms with Crippen molar-refractivity contribution in [1.82, 2.24) is 24.4 Å². The number of hydrogen-bond donors (Lipinski definition) is 1. The Labute approximate surface area is 191 Å². The van der Waals surface area contributed by atoms with Crippen LogP contribution in [0.4, 0.5) is 4.79 Å². The second-order valence-corrected chi connectivity index (χ2v) is 8.02. The quantitative estimate of drug-likeness (QED) is 0.416. The maximum atomic E-state index is 11.9. The van der Waals surface area contributed by atoms with Gasteiger partial charge in [0.2, 0.25) is 0 Å². The number of imidazole rings is 1. The van der Waals surface area contributed by atoms with Crippen LogP contribution >= 0.6 is 11.6 Å². The molecule has 0 fully saturated rings. The molecule has 0 aliphatic carbocycles. The van der Waals surface area contributed by atoms with Gasteiger partial charge in [-0.25, -0.2) is 19.8 Å². The molecule has 32 heavy (non-hydrogen) atoms. The molecule has 2 aromatic heterocycles. The van der Waals surface area contributed by atoms with Gasteiger partial charge >= 0.3 is 6.03 Å². The number of carbonyl (C=O) groups excluding carboxylic acids is 1. The van der Waals surface area contributed by atoms with Crippen molar-refractivity contribution in [2.45, 2.75) is 12.8 Å². The highest BCUT2D eigenvalue weighted by molar-refractivity contribution is 6.32. The number of nitriles is 1. The van der Waals surface area contributed by atoms with Crippen LogP contribution in [0.25, 0.3) is 22.3 Å². The number of hydrogen-bond acceptors (Lipinski definition) is 6. The summed E-state index contributed by atoms with van der Waals surface area (Å²) in [6.45, 7) is 0.973. The van der Waals surface area contributed by atoms with Gasteiger partial charge < -0.3 is 15.2 Å². The Morgan fingerprint density at radius 3 is 2.75 bits per heavy atom. The molecule has 2 amide bonds. The number of pyridine rings is 1. The van der Waals surface area contributed by atoms with Gasteiger partial charge in [-0.15, -0.1) is 0 Å². The van der Waals surface area contributed by atoms with Crippen LogP contribution in [0.3, 0.4) is 0 Å². The molecular formula is C22H25ClN8O. The molecule has 10 heteroatoms. The first kappa shape index (κ1) is 23.2. The van der Waals surface area contributed by atoms with Crippen molar-refractivity contribution in [2.75, 3.05) is 27.2 Å². The van der Waals surface area contributed by atoms with Crippen LogP contribution in [0.5, 0.6) is 0 Å². The number of likely N-dealkylation sites (N-methyl/N-ethyl adjacent to an activating group) is 1. The number of aryl methyl sites for hydroxylation is 2. The molecule has 2 heterocycles. The van der Waals surface area contributed by atoms with Crippen molar-refractivity contribution >= 4 is 34.7 Å². The molecule has 166 valence electrons. The first-order valence-electron chi connectivity index (χ1n) is 10.0. The summed E-state index contributed by atoms with van der Waals surface area (Å²) >= 11 is 6.47. The Hall–Kier alpha value is -3.48. The van der Waals surface area contributed by atoms with Gasteiger partial charge in [0.25, 0.3) is 0 Å². The summed E-state index contributed by atoms with van der Waals surface area (Å²) < 4.78 is 1.87. The highest BCUT2D eigenvalue weighted by atomic mass is 35.5. The Balaban J connectivity index is 2.12. The molecule has 0 saturated carbocycles. The van der Waals surface area contributed by atoms with Gasteiger partial charge in [-0.2, -0.15) is 10.4 Å². The molecular weight excluding hydrogens is 428 g/mol. The number of rotatable bonds is 8. The van der Waals surface area contributed by atoms with Crippen LogP contribution in [-0.4, -0.2) is 63.9 Å². The zero-order chi connectivity index (χ0) is 23.3. The van der Waals surface area contributed by atoms with Crippen molar-refractivity contribution in [3.05, 3.63) is 46.9 Å². The van der Waals surface area contributed by atoms with E-state index in [4.69, 9.17) is 27.6 Å². The Kier molecular flexibility index (Phi) is 7.41. The van der Waals surface area contributed by atoms with Crippen LogP contribution in [0.2, 0.25) is 5.02 Å². The number of urea groups is 1. The summed E-state index contributed by atoms with van der Waals surface area (Å²) in [4.78, 5) is 22.7. The lowest BCUT2D eigenvalue weighted by atomic mass is 10.0. The number of nitrogens with zero attached hydrogens (tertiary/aromatic N) is 7. The number of hydrazone groups is 1. The van der Waals surface area contributed by atoms with Gasteiger partial charge in [0.15, 0.2) is 0 Å². The largest absolute Gasteiger partial charge is 0.350 e. The summed E-state index contributed by atoms with van der Waals surface area (Å²) in [5, 5.41) is 15.9. The lowest BCUT2D eigenvalue weighted by Crippen LogP contribution is -2.36. The van der Waals surface area contributed by atoms with E-state index < -0.39 is 6.03 Å². The number of halogens is 1. The Bertz CT molecular complexity index is 1190. The lowest BCUT2D eigenvalue weighted by Gasteiger charge is -2.17. The summed E-state index contributed by atoms with van der Waals surface area (Å²) in [6.07, 6.45) is 5.91. The highest BCUT2D eigenvalue weighted by Gasteiger charge is 2.14. The summed E-state index contributed by atoms with van der Waals surface area (Å²) in [5.41, 5.74) is 9.30. The summed E-state index contributed by atoms with van der Waals surface area (Å²) in [5.74, 6) is 0. The van der Waals surface area contributed by atoms with Crippen LogP contribution < -0.4 is 5.73 Å². The number of primary amides is 1. The van der Waals surface area contributed by atoms with Crippen LogP contribution in [0.15, 0.2) is 35.8 Å². The zero-order valence-corrected chi connectivity index (χ0v) is 19.0. The highest BCUT2D eigenvalue weighted by Crippen LogP contribution is 2.29. The number of fused-ring (bicyclic) bond motifs is 1. The van der Waals surface area contributed by atoms with E-state index in [1.807, 2.05) is 42.7 Å². The molecule has 0 aliphatic heterocycles. The molecule has 0 atom stereocenters. The SMILES string of the molecule is CN(C)CCN(/N=C/c1cc(-c2cncn2C)nc2cc(Cl)c(CCC#N)cc12)C(N)=O. The number of nitrogens with two attached hydrogens (primary N) is 1. The fourth-order valence-electron chi connectivity index (χ4n) is 3.19. The Morgan fingerprint density at radius 1 is 1.34 bits per heavy atom. The fourth-order valence-corrected chi connectivity index (χ4v) is 3.45. The third kappa shape index (κ3) is 5.41.